The minimum Gasteiger partial charge on any atom is -0.493 e. The molecule has 7 nitrogen and oxygen atoms in total. The Labute approximate surface area is 174 Å². The van der Waals surface area contributed by atoms with Gasteiger partial charge in [-0.05, 0) is 50.0 Å². The number of β-amino-alcohol motifs (C(OH)–C–C–N with tert-alkyl or cyclic N) is 1. The van der Waals surface area contributed by atoms with Crippen LogP contribution in [0, 0.1) is 0 Å². The molecule has 2 saturated heterocycles. The van der Waals surface area contributed by atoms with Crippen molar-refractivity contribution in [2.45, 2.75) is 38.3 Å². The van der Waals surface area contributed by atoms with Crippen LogP contribution in [0.3, 0.4) is 0 Å². The Kier molecular flexibility index (Phi) is 8.58. The third-order valence-corrected chi connectivity index (χ3v) is 5.76. The van der Waals surface area contributed by atoms with Crippen molar-refractivity contribution in [1.29, 1.82) is 0 Å². The lowest BCUT2D eigenvalue weighted by atomic mass is 10.1. The number of benzene rings is 1. The number of carbonyl (C=O) groups excluding carboxylic acids is 1. The molecular formula is C22H35N3O4. The summed E-state index contributed by atoms with van der Waals surface area (Å²) in [7, 11) is 1.63. The van der Waals surface area contributed by atoms with Crippen molar-refractivity contribution in [3.05, 3.63) is 23.8 Å². The number of piperidine rings is 1. The highest BCUT2D eigenvalue weighted by atomic mass is 16.5. The molecule has 0 aromatic heterocycles. The molecule has 3 rings (SSSR count). The molecule has 1 amide bonds. The zero-order valence-corrected chi connectivity index (χ0v) is 17.6. The summed E-state index contributed by atoms with van der Waals surface area (Å²) in [5.41, 5.74) is 1.14. The van der Waals surface area contributed by atoms with Crippen molar-refractivity contribution < 1.29 is 19.4 Å². The summed E-state index contributed by atoms with van der Waals surface area (Å²) in [6, 6.07) is 5.99. The molecule has 1 N–H and O–H groups in total. The molecule has 2 aliphatic rings. The second kappa shape index (κ2) is 11.4. The first-order valence-corrected chi connectivity index (χ1v) is 10.8. The van der Waals surface area contributed by atoms with Crippen LogP contribution in [0.25, 0.3) is 0 Å². The van der Waals surface area contributed by atoms with Gasteiger partial charge >= 0.3 is 0 Å². The lowest BCUT2D eigenvalue weighted by Crippen LogP contribution is -2.38. The molecule has 29 heavy (non-hydrogen) atoms. The van der Waals surface area contributed by atoms with Crippen molar-refractivity contribution in [3.8, 4) is 11.5 Å². The molecule has 0 spiro atoms. The van der Waals surface area contributed by atoms with Gasteiger partial charge in [0.15, 0.2) is 11.5 Å². The van der Waals surface area contributed by atoms with E-state index < -0.39 is 6.10 Å². The van der Waals surface area contributed by atoms with Gasteiger partial charge in [0, 0.05) is 39.3 Å². The van der Waals surface area contributed by atoms with E-state index in [1.165, 1.54) is 19.3 Å². The summed E-state index contributed by atoms with van der Waals surface area (Å²) in [5, 5.41) is 10.4. The summed E-state index contributed by atoms with van der Waals surface area (Å²) < 4.78 is 11.4. The van der Waals surface area contributed by atoms with Crippen LogP contribution in [0.4, 0.5) is 0 Å². The number of hydrogen-bond acceptors (Lipinski definition) is 6. The van der Waals surface area contributed by atoms with Crippen LogP contribution in [-0.2, 0) is 11.3 Å². The largest absolute Gasteiger partial charge is 0.493 e. The van der Waals surface area contributed by atoms with Crippen LogP contribution in [0.2, 0.25) is 0 Å². The maximum absolute atomic E-state index is 11.0. The monoisotopic (exact) mass is 405 g/mol. The number of likely N-dealkylation sites (tertiary alicyclic amines) is 1. The van der Waals surface area contributed by atoms with Crippen LogP contribution in [0.5, 0.6) is 11.5 Å². The molecule has 2 fully saturated rings. The highest BCUT2D eigenvalue weighted by Crippen LogP contribution is 2.29. The molecule has 0 saturated carbocycles. The number of carbonyl (C=O) groups is 1. The maximum Gasteiger partial charge on any atom is 0.209 e. The van der Waals surface area contributed by atoms with Crippen molar-refractivity contribution in [2.75, 3.05) is 59.5 Å². The fourth-order valence-corrected chi connectivity index (χ4v) is 4.12. The number of aliphatic hydroxyl groups is 1. The Balaban J connectivity index is 1.54. The van der Waals surface area contributed by atoms with Gasteiger partial charge in [0.05, 0.1) is 7.11 Å². The zero-order chi connectivity index (χ0) is 20.5. The number of methoxy groups -OCH3 is 1. The number of aliphatic hydroxyl groups excluding tert-OH is 1. The SMILES string of the molecule is COc1ccc(CN2CCCN(C=O)CC2)cc1OC[C@@H](O)CN1CCCCC1. The van der Waals surface area contributed by atoms with E-state index in [-0.39, 0.29) is 6.61 Å². The number of rotatable bonds is 9. The van der Waals surface area contributed by atoms with Crippen molar-refractivity contribution in [3.63, 3.8) is 0 Å². The van der Waals surface area contributed by atoms with Gasteiger partial charge in [-0.1, -0.05) is 12.5 Å². The van der Waals surface area contributed by atoms with Gasteiger partial charge in [-0.2, -0.15) is 0 Å². The molecular weight excluding hydrogens is 370 g/mol. The first-order valence-electron chi connectivity index (χ1n) is 10.8. The molecule has 2 aliphatic heterocycles. The van der Waals surface area contributed by atoms with Crippen LogP contribution in [0.15, 0.2) is 18.2 Å². The van der Waals surface area contributed by atoms with E-state index in [2.05, 4.69) is 15.9 Å². The summed E-state index contributed by atoms with van der Waals surface area (Å²) in [6.45, 7) is 7.29. The number of hydrogen-bond donors (Lipinski definition) is 1. The fourth-order valence-electron chi connectivity index (χ4n) is 4.12. The lowest BCUT2D eigenvalue weighted by molar-refractivity contribution is -0.118. The number of ether oxygens (including phenoxy) is 2. The van der Waals surface area contributed by atoms with E-state index in [9.17, 15) is 9.90 Å². The third kappa shape index (κ3) is 6.87. The topological polar surface area (TPSA) is 65.5 Å². The van der Waals surface area contributed by atoms with Crippen molar-refractivity contribution in [1.82, 2.24) is 14.7 Å². The van der Waals surface area contributed by atoms with Gasteiger partial charge in [-0.15, -0.1) is 0 Å². The fraction of sp³-hybridized carbons (Fsp3) is 0.682. The highest BCUT2D eigenvalue weighted by molar-refractivity contribution is 5.47. The smallest absolute Gasteiger partial charge is 0.209 e. The Morgan fingerprint density at radius 2 is 1.79 bits per heavy atom. The first kappa shape index (κ1) is 21.9. The van der Waals surface area contributed by atoms with E-state index in [1.807, 2.05) is 17.0 Å². The van der Waals surface area contributed by atoms with E-state index in [0.717, 1.165) is 64.2 Å². The van der Waals surface area contributed by atoms with Crippen LogP contribution in [-0.4, -0.2) is 91.9 Å². The Bertz CT molecular complexity index is 636. The lowest BCUT2D eigenvalue weighted by Gasteiger charge is -2.28. The van der Waals surface area contributed by atoms with Gasteiger partial charge in [0.25, 0.3) is 0 Å². The predicted octanol–water partition coefficient (Wildman–Crippen LogP) is 1.58. The second-order valence-corrected chi connectivity index (χ2v) is 8.08. The standard InChI is InChI=1S/C22H35N3O4/c1-28-21-7-6-19(15-24-10-5-11-25(18-26)13-12-24)14-22(21)29-17-20(27)16-23-8-3-2-4-9-23/h6-7,14,18,20,27H,2-5,8-13,15-17H2,1H3/t20-/m0/s1. The Morgan fingerprint density at radius 3 is 2.55 bits per heavy atom. The Morgan fingerprint density at radius 1 is 1.00 bits per heavy atom. The van der Waals surface area contributed by atoms with Gasteiger partial charge in [0.1, 0.15) is 12.7 Å². The highest BCUT2D eigenvalue weighted by Gasteiger charge is 2.17. The molecule has 1 aromatic carbocycles. The maximum atomic E-state index is 11.0. The van der Waals surface area contributed by atoms with Crippen molar-refractivity contribution >= 4 is 6.41 Å². The summed E-state index contributed by atoms with van der Waals surface area (Å²) >= 11 is 0. The molecule has 1 atom stereocenters. The summed E-state index contributed by atoms with van der Waals surface area (Å²) in [4.78, 5) is 17.5. The molecule has 0 radical (unpaired) electrons. The van der Waals surface area contributed by atoms with Crippen LogP contribution in [0.1, 0.15) is 31.2 Å². The molecule has 0 unspecified atom stereocenters. The normalized spacial score (nSPS) is 20.1. The minimum atomic E-state index is -0.513. The zero-order valence-electron chi connectivity index (χ0n) is 17.6. The van der Waals surface area contributed by atoms with Gasteiger partial charge < -0.3 is 24.4 Å². The predicted molar refractivity (Wildman–Crippen MR) is 112 cm³/mol. The van der Waals surface area contributed by atoms with E-state index in [4.69, 9.17) is 9.47 Å². The summed E-state index contributed by atoms with van der Waals surface area (Å²) in [5.74, 6) is 1.36. The molecule has 0 bridgehead atoms. The first-order chi connectivity index (χ1) is 14.2. The van der Waals surface area contributed by atoms with Gasteiger partial charge in [-0.25, -0.2) is 0 Å². The average molecular weight is 406 g/mol. The summed E-state index contributed by atoms with van der Waals surface area (Å²) in [6.07, 6.45) is 5.13. The third-order valence-electron chi connectivity index (χ3n) is 5.76. The molecule has 1 aromatic rings. The van der Waals surface area contributed by atoms with Crippen LogP contribution >= 0.6 is 0 Å². The van der Waals surface area contributed by atoms with E-state index in [0.29, 0.717) is 18.0 Å². The van der Waals surface area contributed by atoms with Gasteiger partial charge in [-0.3, -0.25) is 9.69 Å². The van der Waals surface area contributed by atoms with Crippen LogP contribution < -0.4 is 9.47 Å². The molecule has 162 valence electrons. The minimum absolute atomic E-state index is 0.258. The number of amides is 1. The van der Waals surface area contributed by atoms with E-state index in [1.54, 1.807) is 7.11 Å². The quantitative estimate of drug-likeness (QED) is 0.630. The van der Waals surface area contributed by atoms with Crippen molar-refractivity contribution in [2.24, 2.45) is 0 Å². The average Bonchev–Trinajstić information content (AvgIpc) is 2.98. The molecule has 2 heterocycles. The number of nitrogens with zero attached hydrogens (tertiary/aromatic N) is 3. The Hall–Kier alpha value is -1.83. The van der Waals surface area contributed by atoms with Gasteiger partial charge in [0.2, 0.25) is 6.41 Å². The second-order valence-electron chi connectivity index (χ2n) is 8.08. The van der Waals surface area contributed by atoms with E-state index >= 15 is 0 Å². The molecule has 0 aliphatic carbocycles. The molecule has 7 heteroatoms.